The molecule has 1 atom stereocenters. The second-order valence-corrected chi connectivity index (χ2v) is 6.54. The van der Waals surface area contributed by atoms with Crippen LogP contribution in [0.25, 0.3) is 6.08 Å². The number of nitrogens with zero attached hydrogens (tertiary/aromatic N) is 1. The Hall–Kier alpha value is -2.48. The molecule has 27 heavy (non-hydrogen) atoms. The Morgan fingerprint density at radius 3 is 2.48 bits per heavy atom. The van der Waals surface area contributed by atoms with Crippen LogP contribution in [-0.4, -0.2) is 47.9 Å². The van der Waals surface area contributed by atoms with Crippen molar-refractivity contribution in [3.8, 4) is 11.5 Å². The van der Waals surface area contributed by atoms with E-state index in [1.165, 1.54) is 6.92 Å². The number of amides is 2. The number of carbonyl (C=O) groups is 3. The quantitative estimate of drug-likeness (QED) is 0.494. The van der Waals surface area contributed by atoms with Crippen LogP contribution in [0.2, 0.25) is 0 Å². The Balaban J connectivity index is 2.30. The molecule has 2 rings (SSSR count). The lowest BCUT2D eigenvalue weighted by Gasteiger charge is -2.19. The zero-order valence-electron chi connectivity index (χ0n) is 15.8. The summed E-state index contributed by atoms with van der Waals surface area (Å²) in [5.74, 6) is 0.0647. The van der Waals surface area contributed by atoms with Gasteiger partial charge in [-0.05, 0) is 57.7 Å². The average molecular weight is 393 g/mol. The van der Waals surface area contributed by atoms with Crippen molar-refractivity contribution >= 4 is 35.0 Å². The molecule has 1 heterocycles. The van der Waals surface area contributed by atoms with Gasteiger partial charge in [0.25, 0.3) is 11.1 Å². The van der Waals surface area contributed by atoms with Crippen molar-refractivity contribution in [2.45, 2.75) is 33.7 Å². The number of hydrogen-bond donors (Lipinski definition) is 0. The van der Waals surface area contributed by atoms with Gasteiger partial charge in [-0.1, -0.05) is 0 Å². The van der Waals surface area contributed by atoms with Gasteiger partial charge in [-0.15, -0.1) is 0 Å². The zero-order valence-corrected chi connectivity index (χ0v) is 16.6. The van der Waals surface area contributed by atoms with E-state index in [1.54, 1.807) is 31.2 Å². The molecule has 0 saturated carbocycles. The van der Waals surface area contributed by atoms with Crippen molar-refractivity contribution in [3.63, 3.8) is 0 Å². The molecule has 1 aliphatic rings. The topological polar surface area (TPSA) is 82.1 Å². The van der Waals surface area contributed by atoms with E-state index in [-0.39, 0.29) is 11.5 Å². The highest BCUT2D eigenvalue weighted by atomic mass is 32.2. The molecule has 1 fully saturated rings. The molecule has 0 N–H and O–H groups in total. The molecule has 0 bridgehead atoms. The molecule has 0 unspecified atom stereocenters. The fourth-order valence-corrected chi connectivity index (χ4v) is 3.39. The summed E-state index contributed by atoms with van der Waals surface area (Å²) in [7, 11) is 0. The van der Waals surface area contributed by atoms with Gasteiger partial charge in [0, 0.05) is 11.6 Å². The molecule has 1 aliphatic heterocycles. The largest absolute Gasteiger partial charge is 0.494 e. The van der Waals surface area contributed by atoms with E-state index in [9.17, 15) is 14.4 Å². The molecule has 1 saturated heterocycles. The molecule has 8 heteroatoms. The van der Waals surface area contributed by atoms with E-state index in [4.69, 9.17) is 14.2 Å². The van der Waals surface area contributed by atoms with Crippen molar-refractivity contribution in [1.29, 1.82) is 0 Å². The lowest BCUT2D eigenvalue weighted by Crippen LogP contribution is -2.42. The van der Waals surface area contributed by atoms with Crippen molar-refractivity contribution in [2.24, 2.45) is 0 Å². The Labute approximate surface area is 162 Å². The lowest BCUT2D eigenvalue weighted by molar-refractivity contribution is -0.150. The highest BCUT2D eigenvalue weighted by molar-refractivity contribution is 8.18. The third-order valence-corrected chi connectivity index (χ3v) is 4.60. The second-order valence-electron chi connectivity index (χ2n) is 5.55. The maximum Gasteiger partial charge on any atom is 0.329 e. The third kappa shape index (κ3) is 4.82. The number of imide groups is 1. The van der Waals surface area contributed by atoms with Crippen LogP contribution in [-0.2, 0) is 14.3 Å². The summed E-state index contributed by atoms with van der Waals surface area (Å²) >= 11 is 0.786. The summed E-state index contributed by atoms with van der Waals surface area (Å²) < 4.78 is 16.0. The van der Waals surface area contributed by atoms with Crippen molar-refractivity contribution < 1.29 is 28.6 Å². The Bertz CT molecular complexity index is 761. The molecule has 0 aliphatic carbocycles. The minimum Gasteiger partial charge on any atom is -0.494 e. The smallest absolute Gasteiger partial charge is 0.329 e. The third-order valence-electron chi connectivity index (χ3n) is 3.72. The normalized spacial score (nSPS) is 16.6. The van der Waals surface area contributed by atoms with Gasteiger partial charge < -0.3 is 14.2 Å². The van der Waals surface area contributed by atoms with Crippen LogP contribution in [0.4, 0.5) is 4.79 Å². The van der Waals surface area contributed by atoms with E-state index in [0.717, 1.165) is 16.7 Å². The summed E-state index contributed by atoms with van der Waals surface area (Å²) in [6, 6.07) is 4.29. The zero-order chi connectivity index (χ0) is 20.0. The van der Waals surface area contributed by atoms with Crippen LogP contribution >= 0.6 is 11.8 Å². The van der Waals surface area contributed by atoms with Gasteiger partial charge in [0.2, 0.25) is 0 Å². The predicted molar refractivity (Wildman–Crippen MR) is 103 cm³/mol. The first-order chi connectivity index (χ1) is 12.9. The minimum absolute atomic E-state index is 0.180. The molecular formula is C19H23NO6S. The highest BCUT2D eigenvalue weighted by Crippen LogP contribution is 2.36. The van der Waals surface area contributed by atoms with Gasteiger partial charge in [0.15, 0.2) is 0 Å². The Morgan fingerprint density at radius 2 is 1.85 bits per heavy atom. The molecular weight excluding hydrogens is 370 g/mol. The van der Waals surface area contributed by atoms with E-state index in [2.05, 4.69) is 0 Å². The summed E-state index contributed by atoms with van der Waals surface area (Å²) in [5, 5.41) is -0.504. The van der Waals surface area contributed by atoms with Crippen molar-refractivity contribution in [1.82, 2.24) is 4.90 Å². The number of esters is 1. The van der Waals surface area contributed by atoms with Gasteiger partial charge in [-0.3, -0.25) is 14.5 Å². The maximum absolute atomic E-state index is 12.7. The summed E-state index contributed by atoms with van der Waals surface area (Å²) in [5.41, 5.74) is 0.648. The van der Waals surface area contributed by atoms with Gasteiger partial charge in [0.05, 0.1) is 24.7 Å². The Morgan fingerprint density at radius 1 is 1.15 bits per heavy atom. The highest BCUT2D eigenvalue weighted by Gasteiger charge is 2.41. The fourth-order valence-electron chi connectivity index (χ4n) is 2.49. The van der Waals surface area contributed by atoms with Gasteiger partial charge >= 0.3 is 5.97 Å². The van der Waals surface area contributed by atoms with Gasteiger partial charge in [0.1, 0.15) is 17.5 Å². The number of carbonyl (C=O) groups excluding carboxylic acids is 3. The standard InChI is InChI=1S/C19H23NO6S/c1-5-24-14-9-8-13(15(11-14)25-6-2)10-16-17(21)20(19(23)27-16)12(4)18(22)26-7-3/h8-12H,5-7H2,1-4H3/b16-10-/t12-/m0/s1. The molecule has 146 valence electrons. The van der Waals surface area contributed by atoms with Crippen molar-refractivity contribution in [2.75, 3.05) is 19.8 Å². The van der Waals surface area contributed by atoms with E-state index in [0.29, 0.717) is 30.3 Å². The summed E-state index contributed by atoms with van der Waals surface area (Å²) in [6.07, 6.45) is 1.59. The number of hydrogen-bond acceptors (Lipinski definition) is 7. The number of thioether (sulfide) groups is 1. The second kappa shape index (κ2) is 9.45. The van der Waals surface area contributed by atoms with Crippen LogP contribution < -0.4 is 9.47 Å². The molecule has 0 aromatic heterocycles. The monoisotopic (exact) mass is 393 g/mol. The fraction of sp³-hybridized carbons (Fsp3) is 0.421. The van der Waals surface area contributed by atoms with Gasteiger partial charge in [-0.2, -0.15) is 0 Å². The van der Waals surface area contributed by atoms with E-state index < -0.39 is 23.2 Å². The molecule has 0 spiro atoms. The number of rotatable bonds is 8. The summed E-state index contributed by atoms with van der Waals surface area (Å²) in [4.78, 5) is 37.9. The molecule has 1 aromatic carbocycles. The molecule has 0 radical (unpaired) electrons. The van der Waals surface area contributed by atoms with Crippen LogP contribution in [0.1, 0.15) is 33.3 Å². The maximum atomic E-state index is 12.7. The van der Waals surface area contributed by atoms with Crippen LogP contribution in [0, 0.1) is 0 Å². The first-order valence-electron chi connectivity index (χ1n) is 8.76. The predicted octanol–water partition coefficient (Wildman–Crippen LogP) is 3.47. The minimum atomic E-state index is -0.977. The van der Waals surface area contributed by atoms with E-state index in [1.807, 2.05) is 13.8 Å². The molecule has 1 aromatic rings. The van der Waals surface area contributed by atoms with Crippen LogP contribution in [0.5, 0.6) is 11.5 Å². The Kier molecular flexibility index (Phi) is 7.29. The first kappa shape index (κ1) is 20.8. The molecule has 7 nitrogen and oxygen atoms in total. The van der Waals surface area contributed by atoms with Crippen LogP contribution in [0.3, 0.4) is 0 Å². The van der Waals surface area contributed by atoms with E-state index >= 15 is 0 Å². The van der Waals surface area contributed by atoms with Gasteiger partial charge in [-0.25, -0.2) is 4.79 Å². The lowest BCUT2D eigenvalue weighted by atomic mass is 10.1. The average Bonchev–Trinajstić information content (AvgIpc) is 2.91. The number of ether oxygens (including phenoxy) is 3. The summed E-state index contributed by atoms with van der Waals surface area (Å²) in [6.45, 7) is 8.02. The molecule has 2 amide bonds. The first-order valence-corrected chi connectivity index (χ1v) is 9.57. The van der Waals surface area contributed by atoms with Crippen LogP contribution in [0.15, 0.2) is 23.1 Å². The number of benzene rings is 1. The van der Waals surface area contributed by atoms with Crippen molar-refractivity contribution in [3.05, 3.63) is 28.7 Å². The SMILES string of the molecule is CCOC(=O)[C@H](C)N1C(=O)S/C(=C\c2ccc(OCC)cc2OCC)C1=O.